The molecule has 2 aliphatic rings. The predicted molar refractivity (Wildman–Crippen MR) is 114 cm³/mol. The van der Waals surface area contributed by atoms with E-state index in [4.69, 9.17) is 0 Å². The van der Waals surface area contributed by atoms with E-state index in [-0.39, 0.29) is 18.1 Å². The largest absolute Gasteiger partial charge is 0.384 e. The molecule has 154 valence electrons. The monoisotopic (exact) mass is 395 g/mol. The molecule has 29 heavy (non-hydrogen) atoms. The molecule has 0 aliphatic carbocycles. The molecule has 0 saturated carbocycles. The number of likely N-dealkylation sites (N-methyl/N-ethyl adjacent to an activating group) is 1. The van der Waals surface area contributed by atoms with Gasteiger partial charge in [-0.15, -0.1) is 0 Å². The lowest BCUT2D eigenvalue weighted by atomic mass is 10.0. The van der Waals surface area contributed by atoms with Crippen LogP contribution in [-0.4, -0.2) is 47.9 Å². The molecule has 1 saturated heterocycles. The summed E-state index contributed by atoms with van der Waals surface area (Å²) in [5.74, 6) is -0.326. The van der Waals surface area contributed by atoms with Crippen molar-refractivity contribution in [3.05, 3.63) is 65.0 Å². The van der Waals surface area contributed by atoms with Crippen LogP contribution in [0.1, 0.15) is 36.0 Å². The maximum Gasteiger partial charge on any atom is 0.227 e. The van der Waals surface area contributed by atoms with Crippen molar-refractivity contribution in [1.29, 1.82) is 0 Å². The lowest BCUT2D eigenvalue weighted by Gasteiger charge is -2.31. The molecule has 1 amide bonds. The van der Waals surface area contributed by atoms with E-state index in [1.165, 1.54) is 18.1 Å². The van der Waals surface area contributed by atoms with Gasteiger partial charge in [0.25, 0.3) is 0 Å². The maximum atomic E-state index is 14.1. The SMILES string of the molecule is Cc1cccc2c1NCCC1CCC(CN(C(=O)Cc3ccccc3F)C2)N1C. The third kappa shape index (κ3) is 4.30. The van der Waals surface area contributed by atoms with E-state index >= 15 is 0 Å². The quantitative estimate of drug-likeness (QED) is 0.835. The zero-order valence-electron chi connectivity index (χ0n) is 17.3. The Bertz CT molecular complexity index is 884. The minimum atomic E-state index is -0.310. The zero-order valence-corrected chi connectivity index (χ0v) is 17.3. The highest BCUT2D eigenvalue weighted by Crippen LogP contribution is 2.29. The summed E-state index contributed by atoms with van der Waals surface area (Å²) >= 11 is 0. The lowest BCUT2D eigenvalue weighted by molar-refractivity contribution is -0.131. The van der Waals surface area contributed by atoms with Gasteiger partial charge in [0, 0.05) is 37.4 Å². The number of hydrogen-bond donors (Lipinski definition) is 1. The first kappa shape index (κ1) is 19.9. The van der Waals surface area contributed by atoms with Crippen LogP contribution in [0.5, 0.6) is 0 Å². The predicted octanol–water partition coefficient (Wildman–Crippen LogP) is 3.98. The topological polar surface area (TPSA) is 35.6 Å². The Morgan fingerprint density at radius 1 is 1.10 bits per heavy atom. The second-order valence-electron chi connectivity index (χ2n) is 8.42. The Morgan fingerprint density at radius 3 is 2.72 bits per heavy atom. The minimum Gasteiger partial charge on any atom is -0.384 e. The van der Waals surface area contributed by atoms with Gasteiger partial charge in [-0.05, 0) is 56.0 Å². The number of para-hydroxylation sites is 1. The van der Waals surface area contributed by atoms with Gasteiger partial charge in [0.15, 0.2) is 0 Å². The van der Waals surface area contributed by atoms with Gasteiger partial charge in [-0.3, -0.25) is 9.69 Å². The molecule has 2 aliphatic heterocycles. The first-order valence-electron chi connectivity index (χ1n) is 10.6. The van der Waals surface area contributed by atoms with Crippen molar-refractivity contribution >= 4 is 11.6 Å². The van der Waals surface area contributed by atoms with Gasteiger partial charge in [0.2, 0.25) is 5.91 Å². The van der Waals surface area contributed by atoms with Crippen LogP contribution in [-0.2, 0) is 17.8 Å². The fourth-order valence-corrected chi connectivity index (χ4v) is 4.77. The molecule has 2 aromatic carbocycles. The standard InChI is InChI=1S/C24H30FN3O/c1-17-6-5-8-19-15-28(23(29)14-18-7-3-4-9-22(18)25)16-21-11-10-20(27(21)2)12-13-26-24(17)19/h3-9,20-21,26H,10-16H2,1-2H3. The van der Waals surface area contributed by atoms with Gasteiger partial charge in [-0.2, -0.15) is 0 Å². The molecular weight excluding hydrogens is 365 g/mol. The van der Waals surface area contributed by atoms with E-state index in [1.807, 2.05) is 11.0 Å². The van der Waals surface area contributed by atoms with Crippen LogP contribution in [0, 0.1) is 12.7 Å². The Labute approximate surface area is 172 Å². The third-order valence-electron chi connectivity index (χ3n) is 6.57. The number of carbonyl (C=O) groups is 1. The molecule has 0 aromatic heterocycles. The van der Waals surface area contributed by atoms with Crippen molar-refractivity contribution in [3.8, 4) is 0 Å². The van der Waals surface area contributed by atoms with Crippen molar-refractivity contribution in [1.82, 2.24) is 9.80 Å². The fraction of sp³-hybridized carbons (Fsp3) is 0.458. The smallest absolute Gasteiger partial charge is 0.227 e. The summed E-state index contributed by atoms with van der Waals surface area (Å²) in [7, 11) is 2.18. The van der Waals surface area contributed by atoms with Gasteiger partial charge in [-0.25, -0.2) is 4.39 Å². The molecule has 0 spiro atoms. The molecule has 2 aromatic rings. The van der Waals surface area contributed by atoms with E-state index in [2.05, 4.69) is 36.3 Å². The number of benzene rings is 2. The molecule has 2 atom stereocenters. The van der Waals surface area contributed by atoms with Crippen LogP contribution in [0.3, 0.4) is 0 Å². The molecule has 2 bridgehead atoms. The number of nitrogens with zero attached hydrogens (tertiary/aromatic N) is 2. The van der Waals surface area contributed by atoms with Crippen LogP contribution in [0.4, 0.5) is 10.1 Å². The molecule has 2 heterocycles. The van der Waals surface area contributed by atoms with Gasteiger partial charge < -0.3 is 10.2 Å². The lowest BCUT2D eigenvalue weighted by Crippen LogP contribution is -2.43. The number of carbonyl (C=O) groups excluding carboxylic acids is 1. The normalized spacial score (nSPS) is 22.5. The summed E-state index contributed by atoms with van der Waals surface area (Å²) in [6.07, 6.45) is 3.47. The summed E-state index contributed by atoms with van der Waals surface area (Å²) in [5, 5.41) is 3.63. The number of fused-ring (bicyclic) bond motifs is 3. The van der Waals surface area contributed by atoms with Gasteiger partial charge in [0.05, 0.1) is 6.42 Å². The summed E-state index contributed by atoms with van der Waals surface area (Å²) < 4.78 is 14.1. The highest BCUT2D eigenvalue weighted by Gasteiger charge is 2.33. The Morgan fingerprint density at radius 2 is 1.90 bits per heavy atom. The molecule has 1 fully saturated rings. The maximum absolute atomic E-state index is 14.1. The molecule has 1 N–H and O–H groups in total. The van der Waals surface area contributed by atoms with Crippen LogP contribution < -0.4 is 5.32 Å². The number of nitrogens with one attached hydrogen (secondary N) is 1. The van der Waals surface area contributed by atoms with E-state index in [0.717, 1.165) is 30.6 Å². The second kappa shape index (κ2) is 8.54. The van der Waals surface area contributed by atoms with Gasteiger partial charge >= 0.3 is 0 Å². The number of rotatable bonds is 2. The molecule has 4 nitrogen and oxygen atoms in total. The molecule has 0 radical (unpaired) electrons. The third-order valence-corrected chi connectivity index (χ3v) is 6.57. The number of hydrogen-bond acceptors (Lipinski definition) is 3. The van der Waals surface area contributed by atoms with Gasteiger partial charge in [0.1, 0.15) is 5.82 Å². The first-order chi connectivity index (χ1) is 14.0. The Balaban J connectivity index is 1.64. The van der Waals surface area contributed by atoms with E-state index < -0.39 is 0 Å². The number of aryl methyl sites for hydroxylation is 1. The number of anilines is 1. The molecule has 4 rings (SSSR count). The van der Waals surface area contributed by atoms with Gasteiger partial charge in [-0.1, -0.05) is 36.4 Å². The number of amides is 1. The molecule has 5 heteroatoms. The molecular formula is C24H30FN3O. The first-order valence-corrected chi connectivity index (χ1v) is 10.6. The van der Waals surface area contributed by atoms with Crippen LogP contribution in [0.15, 0.2) is 42.5 Å². The summed E-state index contributed by atoms with van der Waals surface area (Å²) in [6, 6.07) is 13.7. The zero-order chi connectivity index (χ0) is 20.4. The van der Waals surface area contributed by atoms with Crippen LogP contribution in [0.2, 0.25) is 0 Å². The average Bonchev–Trinajstić information content (AvgIpc) is 3.02. The van der Waals surface area contributed by atoms with Crippen molar-refractivity contribution in [3.63, 3.8) is 0 Å². The second-order valence-corrected chi connectivity index (χ2v) is 8.42. The number of halogens is 1. The van der Waals surface area contributed by atoms with Crippen LogP contribution >= 0.6 is 0 Å². The van der Waals surface area contributed by atoms with E-state index in [1.54, 1.807) is 18.2 Å². The highest BCUT2D eigenvalue weighted by atomic mass is 19.1. The van der Waals surface area contributed by atoms with E-state index in [9.17, 15) is 9.18 Å². The highest BCUT2D eigenvalue weighted by molar-refractivity contribution is 5.79. The minimum absolute atomic E-state index is 0.0151. The summed E-state index contributed by atoms with van der Waals surface area (Å²) in [4.78, 5) is 17.6. The van der Waals surface area contributed by atoms with E-state index in [0.29, 0.717) is 30.7 Å². The summed E-state index contributed by atoms with van der Waals surface area (Å²) in [5.41, 5.74) is 3.93. The van der Waals surface area contributed by atoms with Crippen LogP contribution in [0.25, 0.3) is 0 Å². The average molecular weight is 396 g/mol. The van der Waals surface area contributed by atoms with Crippen molar-refractivity contribution in [2.45, 2.75) is 51.2 Å². The Kier molecular flexibility index (Phi) is 5.86. The molecule has 2 unspecified atom stereocenters. The summed E-state index contributed by atoms with van der Waals surface area (Å²) in [6.45, 7) is 4.28. The fourth-order valence-electron chi connectivity index (χ4n) is 4.77. The van der Waals surface area contributed by atoms with Crippen molar-refractivity contribution in [2.75, 3.05) is 25.5 Å². The van der Waals surface area contributed by atoms with Crippen molar-refractivity contribution in [2.24, 2.45) is 0 Å². The van der Waals surface area contributed by atoms with Crippen molar-refractivity contribution < 1.29 is 9.18 Å². The Hall–Kier alpha value is -2.40.